The number of hydrogen-bond donors (Lipinski definition) is 1. The van der Waals surface area contributed by atoms with E-state index in [0.29, 0.717) is 6.04 Å². The van der Waals surface area contributed by atoms with Gasteiger partial charge in [0, 0.05) is 24.8 Å². The van der Waals surface area contributed by atoms with Crippen molar-refractivity contribution in [3.05, 3.63) is 17.5 Å². The van der Waals surface area contributed by atoms with Crippen LogP contribution in [0.15, 0.2) is 6.20 Å². The summed E-state index contributed by atoms with van der Waals surface area (Å²) in [5.74, 6) is 2.45. The van der Waals surface area contributed by atoms with Crippen molar-refractivity contribution in [2.24, 2.45) is 24.8 Å². The Morgan fingerprint density at radius 3 is 2.47 bits per heavy atom. The number of hydrogen-bond acceptors (Lipinski definition) is 2. The van der Waals surface area contributed by atoms with Crippen LogP contribution in [0, 0.1) is 17.8 Å². The van der Waals surface area contributed by atoms with Crippen LogP contribution in [0.25, 0.3) is 0 Å². The highest BCUT2D eigenvalue weighted by atomic mass is 15.3. The van der Waals surface area contributed by atoms with Crippen molar-refractivity contribution in [3.63, 3.8) is 0 Å². The largest absolute Gasteiger partial charge is 0.313 e. The van der Waals surface area contributed by atoms with Gasteiger partial charge in [-0.1, -0.05) is 20.8 Å². The molecular formula is C16H29N3. The first kappa shape index (κ1) is 14.6. The quantitative estimate of drug-likeness (QED) is 0.903. The Hall–Kier alpha value is -0.830. The van der Waals surface area contributed by atoms with E-state index >= 15 is 0 Å². The lowest BCUT2D eigenvalue weighted by Gasteiger charge is -2.36. The molecule has 3 unspecified atom stereocenters. The maximum absolute atomic E-state index is 4.61. The number of nitrogens with one attached hydrogen (secondary N) is 1. The molecule has 19 heavy (non-hydrogen) atoms. The smallest absolute Gasteiger partial charge is 0.0669 e. The van der Waals surface area contributed by atoms with Gasteiger partial charge < -0.3 is 5.32 Å². The zero-order chi connectivity index (χ0) is 14.0. The van der Waals surface area contributed by atoms with Crippen LogP contribution in [-0.2, 0) is 13.5 Å². The molecule has 2 rings (SSSR count). The summed E-state index contributed by atoms with van der Waals surface area (Å²) < 4.78 is 1.97. The predicted molar refractivity (Wildman–Crippen MR) is 80.1 cm³/mol. The molecule has 1 aliphatic rings. The van der Waals surface area contributed by atoms with Crippen molar-refractivity contribution in [2.75, 3.05) is 7.05 Å². The fraction of sp³-hybridized carbons (Fsp3) is 0.812. The maximum atomic E-state index is 4.61. The van der Waals surface area contributed by atoms with Gasteiger partial charge in [-0.15, -0.1) is 0 Å². The van der Waals surface area contributed by atoms with Gasteiger partial charge >= 0.3 is 0 Å². The Morgan fingerprint density at radius 1 is 1.32 bits per heavy atom. The predicted octanol–water partition coefficient (Wildman–Crippen LogP) is 3.32. The number of aromatic nitrogens is 2. The molecule has 0 spiro atoms. The molecule has 1 heterocycles. The molecule has 3 atom stereocenters. The molecule has 0 amide bonds. The summed E-state index contributed by atoms with van der Waals surface area (Å²) in [5, 5.41) is 8.17. The van der Waals surface area contributed by atoms with E-state index in [-0.39, 0.29) is 0 Å². The lowest BCUT2D eigenvalue weighted by atomic mass is 9.72. The van der Waals surface area contributed by atoms with E-state index < -0.39 is 0 Å². The molecule has 1 N–H and O–H groups in total. The average molecular weight is 263 g/mol. The van der Waals surface area contributed by atoms with E-state index in [2.05, 4.69) is 44.4 Å². The summed E-state index contributed by atoms with van der Waals surface area (Å²) in [6.07, 6.45) is 7.30. The van der Waals surface area contributed by atoms with Gasteiger partial charge in [0.1, 0.15) is 0 Å². The average Bonchev–Trinajstić information content (AvgIpc) is 2.70. The molecular weight excluding hydrogens is 234 g/mol. The molecule has 1 fully saturated rings. The van der Waals surface area contributed by atoms with Crippen LogP contribution in [0.1, 0.15) is 57.3 Å². The standard InChI is InChI=1S/C16H29N3/c1-6-15-14(10-19(5)18-15)16(17-4)13-8-11(2)7-12(3)9-13/h10-13,16-17H,6-9H2,1-5H3. The summed E-state index contributed by atoms with van der Waals surface area (Å²) in [4.78, 5) is 0. The van der Waals surface area contributed by atoms with Gasteiger partial charge in [-0.2, -0.15) is 5.10 Å². The lowest BCUT2D eigenvalue weighted by Crippen LogP contribution is -2.31. The van der Waals surface area contributed by atoms with E-state index in [1.165, 1.54) is 30.5 Å². The SMILES string of the molecule is CCc1nn(C)cc1C(NC)C1CC(C)CC(C)C1. The second-order valence-corrected chi connectivity index (χ2v) is 6.50. The minimum absolute atomic E-state index is 0.467. The third-order valence-corrected chi connectivity index (χ3v) is 4.60. The summed E-state index contributed by atoms with van der Waals surface area (Å²) in [7, 11) is 4.13. The first-order valence-electron chi connectivity index (χ1n) is 7.74. The van der Waals surface area contributed by atoms with Crippen molar-refractivity contribution in [3.8, 4) is 0 Å². The van der Waals surface area contributed by atoms with Crippen LogP contribution in [0.4, 0.5) is 0 Å². The number of nitrogens with zero attached hydrogens (tertiary/aromatic N) is 2. The zero-order valence-electron chi connectivity index (χ0n) is 13.1. The molecule has 1 aliphatic carbocycles. The molecule has 3 nitrogen and oxygen atoms in total. The topological polar surface area (TPSA) is 29.9 Å². The molecule has 0 saturated heterocycles. The number of rotatable bonds is 4. The van der Waals surface area contributed by atoms with Crippen LogP contribution >= 0.6 is 0 Å². The van der Waals surface area contributed by atoms with E-state index in [4.69, 9.17) is 0 Å². The van der Waals surface area contributed by atoms with Crippen molar-refractivity contribution in [1.82, 2.24) is 15.1 Å². The molecule has 3 heteroatoms. The molecule has 0 radical (unpaired) electrons. The van der Waals surface area contributed by atoms with Crippen molar-refractivity contribution >= 4 is 0 Å². The third kappa shape index (κ3) is 3.19. The van der Waals surface area contributed by atoms with Crippen LogP contribution in [0.5, 0.6) is 0 Å². The summed E-state index contributed by atoms with van der Waals surface area (Å²) in [5.41, 5.74) is 2.67. The Balaban J connectivity index is 2.23. The van der Waals surface area contributed by atoms with Crippen molar-refractivity contribution in [1.29, 1.82) is 0 Å². The highest BCUT2D eigenvalue weighted by Gasteiger charge is 2.31. The summed E-state index contributed by atoms with van der Waals surface area (Å²) in [6.45, 7) is 7.00. The van der Waals surface area contributed by atoms with Gasteiger partial charge in [-0.3, -0.25) is 4.68 Å². The summed E-state index contributed by atoms with van der Waals surface area (Å²) >= 11 is 0. The van der Waals surface area contributed by atoms with Gasteiger partial charge in [0.05, 0.1) is 5.69 Å². The first-order chi connectivity index (χ1) is 9.05. The van der Waals surface area contributed by atoms with Crippen LogP contribution in [-0.4, -0.2) is 16.8 Å². The van der Waals surface area contributed by atoms with Crippen molar-refractivity contribution < 1.29 is 0 Å². The molecule has 0 aromatic carbocycles. The third-order valence-electron chi connectivity index (χ3n) is 4.60. The van der Waals surface area contributed by atoms with E-state index in [0.717, 1.165) is 24.2 Å². The monoisotopic (exact) mass is 263 g/mol. The second-order valence-electron chi connectivity index (χ2n) is 6.50. The lowest BCUT2D eigenvalue weighted by molar-refractivity contribution is 0.180. The fourth-order valence-corrected chi connectivity index (χ4v) is 4.01. The second kappa shape index (κ2) is 6.08. The Labute approximate surface area is 117 Å². The Bertz CT molecular complexity index is 400. The first-order valence-corrected chi connectivity index (χ1v) is 7.74. The normalized spacial score (nSPS) is 29.4. The van der Waals surface area contributed by atoms with Gasteiger partial charge in [0.2, 0.25) is 0 Å². The highest BCUT2D eigenvalue weighted by molar-refractivity contribution is 5.22. The zero-order valence-corrected chi connectivity index (χ0v) is 13.1. The molecule has 0 bridgehead atoms. The van der Waals surface area contributed by atoms with E-state index in [1.54, 1.807) is 0 Å². The van der Waals surface area contributed by atoms with Crippen LogP contribution in [0.3, 0.4) is 0 Å². The van der Waals surface area contributed by atoms with Gasteiger partial charge in [0.25, 0.3) is 0 Å². The van der Waals surface area contributed by atoms with E-state index in [9.17, 15) is 0 Å². The molecule has 1 aromatic rings. The minimum atomic E-state index is 0.467. The van der Waals surface area contributed by atoms with Crippen LogP contribution < -0.4 is 5.32 Å². The molecule has 1 saturated carbocycles. The Kier molecular flexibility index (Phi) is 4.67. The van der Waals surface area contributed by atoms with Gasteiger partial charge in [0.15, 0.2) is 0 Å². The fourth-order valence-electron chi connectivity index (χ4n) is 4.01. The van der Waals surface area contributed by atoms with Crippen molar-refractivity contribution in [2.45, 2.75) is 52.5 Å². The van der Waals surface area contributed by atoms with Gasteiger partial charge in [-0.05, 0) is 50.5 Å². The van der Waals surface area contributed by atoms with E-state index in [1.807, 2.05) is 11.7 Å². The van der Waals surface area contributed by atoms with Gasteiger partial charge in [-0.25, -0.2) is 0 Å². The number of aryl methyl sites for hydroxylation is 2. The summed E-state index contributed by atoms with van der Waals surface area (Å²) in [6, 6.07) is 0.467. The minimum Gasteiger partial charge on any atom is -0.313 e. The highest BCUT2D eigenvalue weighted by Crippen LogP contribution is 2.40. The molecule has 1 aromatic heterocycles. The molecule has 108 valence electrons. The maximum Gasteiger partial charge on any atom is 0.0669 e. The Morgan fingerprint density at radius 2 is 1.95 bits per heavy atom. The van der Waals surface area contributed by atoms with Crippen LogP contribution in [0.2, 0.25) is 0 Å². The molecule has 0 aliphatic heterocycles.